The number of ether oxygens (including phenoxy) is 1. The second kappa shape index (κ2) is 7.07. The number of carbonyl (C=O) groups is 1. The maximum atomic E-state index is 12.8. The molecule has 0 radical (unpaired) electrons. The zero-order valence-corrected chi connectivity index (χ0v) is 13.0. The molecule has 3 rings (SSSR count). The van der Waals surface area contributed by atoms with Crippen molar-refractivity contribution in [1.29, 1.82) is 0 Å². The summed E-state index contributed by atoms with van der Waals surface area (Å²) in [5.41, 5.74) is 6.05. The van der Waals surface area contributed by atoms with Gasteiger partial charge in [0.1, 0.15) is 0 Å². The van der Waals surface area contributed by atoms with E-state index < -0.39 is 0 Å². The van der Waals surface area contributed by atoms with Gasteiger partial charge in [0.15, 0.2) is 0 Å². The molecule has 3 aliphatic rings. The fourth-order valence-electron chi connectivity index (χ4n) is 4.08. The topological polar surface area (TPSA) is 58.8 Å². The number of rotatable bonds is 3. The van der Waals surface area contributed by atoms with E-state index in [1.54, 1.807) is 0 Å². The van der Waals surface area contributed by atoms with Gasteiger partial charge < -0.3 is 15.4 Å². The molecule has 2 saturated heterocycles. The lowest BCUT2D eigenvalue weighted by molar-refractivity contribution is -0.138. The summed E-state index contributed by atoms with van der Waals surface area (Å²) < 4.78 is 5.41. The van der Waals surface area contributed by atoms with Crippen molar-refractivity contribution in [1.82, 2.24) is 9.80 Å². The molecule has 1 amide bonds. The van der Waals surface area contributed by atoms with E-state index in [0.717, 1.165) is 77.9 Å². The van der Waals surface area contributed by atoms with Crippen LogP contribution in [0.5, 0.6) is 0 Å². The second-order valence-corrected chi connectivity index (χ2v) is 6.86. The highest BCUT2D eigenvalue weighted by molar-refractivity contribution is 5.79. The van der Waals surface area contributed by atoms with Crippen LogP contribution in [0.25, 0.3) is 0 Å². The van der Waals surface area contributed by atoms with E-state index in [9.17, 15) is 4.79 Å². The molecule has 0 aromatic carbocycles. The van der Waals surface area contributed by atoms with Crippen molar-refractivity contribution in [2.45, 2.75) is 50.6 Å². The SMILES string of the molecule is N[C@@H]1CCC[C@H](C(=O)N2CCC[C@H]2CN2CCOCC2)C1. The fraction of sp³-hybridized carbons (Fsp3) is 0.938. The zero-order chi connectivity index (χ0) is 14.7. The molecule has 0 spiro atoms. The molecule has 3 fully saturated rings. The van der Waals surface area contributed by atoms with E-state index in [1.807, 2.05) is 0 Å². The molecule has 5 nitrogen and oxygen atoms in total. The van der Waals surface area contributed by atoms with E-state index in [4.69, 9.17) is 10.5 Å². The van der Waals surface area contributed by atoms with Crippen molar-refractivity contribution in [3.8, 4) is 0 Å². The van der Waals surface area contributed by atoms with Crippen LogP contribution in [-0.4, -0.2) is 67.2 Å². The number of likely N-dealkylation sites (tertiary alicyclic amines) is 1. The van der Waals surface area contributed by atoms with Crippen LogP contribution in [0.4, 0.5) is 0 Å². The Balaban J connectivity index is 1.56. The zero-order valence-electron chi connectivity index (χ0n) is 13.0. The van der Waals surface area contributed by atoms with Crippen LogP contribution in [0.1, 0.15) is 38.5 Å². The average molecular weight is 295 g/mol. The minimum atomic E-state index is 0.180. The molecule has 1 saturated carbocycles. The molecular weight excluding hydrogens is 266 g/mol. The quantitative estimate of drug-likeness (QED) is 0.838. The van der Waals surface area contributed by atoms with Crippen LogP contribution in [0.3, 0.4) is 0 Å². The third-order valence-corrected chi connectivity index (χ3v) is 5.30. The number of hydrogen-bond donors (Lipinski definition) is 1. The van der Waals surface area contributed by atoms with Gasteiger partial charge in [-0.25, -0.2) is 0 Å². The minimum Gasteiger partial charge on any atom is -0.379 e. The maximum Gasteiger partial charge on any atom is 0.226 e. The molecule has 2 heterocycles. The lowest BCUT2D eigenvalue weighted by Gasteiger charge is -2.35. The normalized spacial score (nSPS) is 35.1. The van der Waals surface area contributed by atoms with Gasteiger partial charge in [0, 0.05) is 44.2 Å². The highest BCUT2D eigenvalue weighted by Crippen LogP contribution is 2.28. The third kappa shape index (κ3) is 3.76. The van der Waals surface area contributed by atoms with Crippen molar-refractivity contribution in [2.75, 3.05) is 39.4 Å². The molecular formula is C16H29N3O2. The first-order valence-corrected chi connectivity index (χ1v) is 8.60. The lowest BCUT2D eigenvalue weighted by Crippen LogP contribution is -2.49. The Labute approximate surface area is 127 Å². The third-order valence-electron chi connectivity index (χ3n) is 5.30. The highest BCUT2D eigenvalue weighted by atomic mass is 16.5. The summed E-state index contributed by atoms with van der Waals surface area (Å²) in [6.07, 6.45) is 6.43. The summed E-state index contributed by atoms with van der Waals surface area (Å²) in [6.45, 7) is 5.64. The first-order valence-electron chi connectivity index (χ1n) is 8.60. The smallest absolute Gasteiger partial charge is 0.226 e. The van der Waals surface area contributed by atoms with Crippen LogP contribution in [0.2, 0.25) is 0 Å². The molecule has 0 aromatic heterocycles. The number of hydrogen-bond acceptors (Lipinski definition) is 4. The number of nitrogens with zero attached hydrogens (tertiary/aromatic N) is 2. The molecule has 5 heteroatoms. The standard InChI is InChI=1S/C16H29N3O2/c17-14-4-1-3-13(11-14)16(20)19-6-2-5-15(19)12-18-7-9-21-10-8-18/h13-15H,1-12,17H2/t13-,14+,15-/m0/s1. The summed E-state index contributed by atoms with van der Waals surface area (Å²) in [6, 6.07) is 0.641. The van der Waals surface area contributed by atoms with Gasteiger partial charge in [0.05, 0.1) is 13.2 Å². The summed E-state index contributed by atoms with van der Waals surface area (Å²) in [5.74, 6) is 0.556. The highest BCUT2D eigenvalue weighted by Gasteiger charge is 2.35. The molecule has 0 unspecified atom stereocenters. The Morgan fingerprint density at radius 1 is 1.10 bits per heavy atom. The lowest BCUT2D eigenvalue weighted by atomic mass is 9.85. The van der Waals surface area contributed by atoms with Gasteiger partial charge in [-0.3, -0.25) is 9.69 Å². The molecule has 3 atom stereocenters. The first-order chi connectivity index (χ1) is 10.2. The fourth-order valence-corrected chi connectivity index (χ4v) is 4.08. The molecule has 0 bridgehead atoms. The molecule has 21 heavy (non-hydrogen) atoms. The number of morpholine rings is 1. The second-order valence-electron chi connectivity index (χ2n) is 6.86. The van der Waals surface area contributed by atoms with E-state index >= 15 is 0 Å². The minimum absolute atomic E-state index is 0.180. The Bertz CT molecular complexity index is 357. The summed E-state index contributed by atoms with van der Waals surface area (Å²) in [4.78, 5) is 17.4. The van der Waals surface area contributed by atoms with Gasteiger partial charge in [-0.15, -0.1) is 0 Å². The van der Waals surface area contributed by atoms with Gasteiger partial charge in [-0.2, -0.15) is 0 Å². The largest absolute Gasteiger partial charge is 0.379 e. The van der Waals surface area contributed by atoms with Crippen LogP contribution in [-0.2, 0) is 9.53 Å². The Kier molecular flexibility index (Phi) is 5.14. The molecule has 2 aliphatic heterocycles. The van der Waals surface area contributed by atoms with E-state index in [2.05, 4.69) is 9.80 Å². The Morgan fingerprint density at radius 3 is 2.67 bits per heavy atom. The van der Waals surface area contributed by atoms with E-state index in [1.165, 1.54) is 0 Å². The van der Waals surface area contributed by atoms with Crippen LogP contribution < -0.4 is 5.73 Å². The molecule has 1 aliphatic carbocycles. The Hall–Kier alpha value is -0.650. The van der Waals surface area contributed by atoms with Crippen molar-refractivity contribution >= 4 is 5.91 Å². The number of nitrogens with two attached hydrogens (primary N) is 1. The van der Waals surface area contributed by atoms with Crippen molar-refractivity contribution in [3.63, 3.8) is 0 Å². The summed E-state index contributed by atoms with van der Waals surface area (Å²) in [7, 11) is 0. The van der Waals surface area contributed by atoms with E-state index in [0.29, 0.717) is 11.9 Å². The van der Waals surface area contributed by atoms with Gasteiger partial charge in [-0.1, -0.05) is 6.42 Å². The van der Waals surface area contributed by atoms with Gasteiger partial charge in [-0.05, 0) is 32.1 Å². The predicted octanol–water partition coefficient (Wildman–Crippen LogP) is 0.827. The summed E-state index contributed by atoms with van der Waals surface area (Å²) in [5, 5.41) is 0. The monoisotopic (exact) mass is 295 g/mol. The van der Waals surface area contributed by atoms with Gasteiger partial charge >= 0.3 is 0 Å². The van der Waals surface area contributed by atoms with Crippen LogP contribution >= 0.6 is 0 Å². The summed E-state index contributed by atoms with van der Waals surface area (Å²) >= 11 is 0. The molecule has 120 valence electrons. The average Bonchev–Trinajstić information content (AvgIpc) is 2.95. The number of carbonyl (C=O) groups excluding carboxylic acids is 1. The predicted molar refractivity (Wildman–Crippen MR) is 81.9 cm³/mol. The van der Waals surface area contributed by atoms with Crippen LogP contribution in [0, 0.1) is 5.92 Å². The molecule has 0 aromatic rings. The maximum absolute atomic E-state index is 12.8. The Morgan fingerprint density at radius 2 is 1.90 bits per heavy atom. The van der Waals surface area contributed by atoms with Gasteiger partial charge in [0.2, 0.25) is 5.91 Å². The molecule has 2 N–H and O–H groups in total. The van der Waals surface area contributed by atoms with Crippen LogP contribution in [0.15, 0.2) is 0 Å². The van der Waals surface area contributed by atoms with Crippen molar-refractivity contribution in [3.05, 3.63) is 0 Å². The van der Waals surface area contributed by atoms with Gasteiger partial charge in [0.25, 0.3) is 0 Å². The first kappa shape index (κ1) is 15.3. The van der Waals surface area contributed by atoms with Crippen molar-refractivity contribution < 1.29 is 9.53 Å². The number of amides is 1. The van der Waals surface area contributed by atoms with E-state index in [-0.39, 0.29) is 12.0 Å². The van der Waals surface area contributed by atoms with Crippen molar-refractivity contribution in [2.24, 2.45) is 11.7 Å².